The van der Waals surface area contributed by atoms with Gasteiger partial charge in [0.05, 0.1) is 13.2 Å². The molecule has 1 atom stereocenters. The molecule has 1 aliphatic heterocycles. The Kier molecular flexibility index (Phi) is 5.31. The highest BCUT2D eigenvalue weighted by atomic mass is 19.1. The molecule has 1 aliphatic rings. The lowest BCUT2D eigenvalue weighted by Gasteiger charge is -2.31. The molecular weight excluding hydrogens is 375 g/mol. The summed E-state index contributed by atoms with van der Waals surface area (Å²) in [6, 6.07) is 14.1. The first-order chi connectivity index (χ1) is 14.0. The van der Waals surface area contributed by atoms with Gasteiger partial charge in [0.1, 0.15) is 5.82 Å². The minimum Gasteiger partial charge on any atom is -0.479 e. The van der Waals surface area contributed by atoms with Crippen LogP contribution >= 0.6 is 0 Å². The third-order valence-corrected chi connectivity index (χ3v) is 5.23. The van der Waals surface area contributed by atoms with Crippen molar-refractivity contribution in [2.75, 3.05) is 19.7 Å². The molecule has 150 valence electrons. The minimum atomic E-state index is -1.06. The lowest BCUT2D eigenvalue weighted by atomic mass is 10.0. The lowest BCUT2D eigenvalue weighted by Crippen LogP contribution is -2.48. The first-order valence-electron chi connectivity index (χ1n) is 9.50. The highest BCUT2D eigenvalue weighted by molar-refractivity contribution is 5.91. The quantitative estimate of drug-likeness (QED) is 0.694. The van der Waals surface area contributed by atoms with Crippen molar-refractivity contribution < 1.29 is 23.8 Å². The number of ether oxygens (including phenoxy) is 1. The van der Waals surface area contributed by atoms with Crippen molar-refractivity contribution in [1.82, 2.24) is 9.88 Å². The predicted molar refractivity (Wildman–Crippen MR) is 106 cm³/mol. The van der Waals surface area contributed by atoms with Gasteiger partial charge in [-0.15, -0.1) is 0 Å². The summed E-state index contributed by atoms with van der Waals surface area (Å²) in [4.78, 5) is 28.8. The van der Waals surface area contributed by atoms with Crippen LogP contribution in [0.5, 0.6) is 0 Å². The normalized spacial score (nSPS) is 16.9. The highest BCUT2D eigenvalue weighted by Gasteiger charge is 2.29. The van der Waals surface area contributed by atoms with E-state index in [1.165, 1.54) is 12.1 Å². The summed E-state index contributed by atoms with van der Waals surface area (Å²) in [7, 11) is 0. The Labute approximate surface area is 166 Å². The van der Waals surface area contributed by atoms with E-state index in [2.05, 4.69) is 4.98 Å². The van der Waals surface area contributed by atoms with E-state index in [0.29, 0.717) is 13.0 Å². The third-order valence-electron chi connectivity index (χ3n) is 5.23. The molecule has 1 saturated heterocycles. The Morgan fingerprint density at radius 3 is 2.69 bits per heavy atom. The summed E-state index contributed by atoms with van der Waals surface area (Å²) in [5.41, 5.74) is 3.65. The van der Waals surface area contributed by atoms with Crippen LogP contribution < -0.4 is 0 Å². The van der Waals surface area contributed by atoms with Crippen molar-refractivity contribution in [2.24, 2.45) is 0 Å². The predicted octanol–water partition coefficient (Wildman–Crippen LogP) is 3.22. The molecule has 0 unspecified atom stereocenters. The Morgan fingerprint density at radius 2 is 1.93 bits per heavy atom. The summed E-state index contributed by atoms with van der Waals surface area (Å²) in [5.74, 6) is -1.46. The topological polar surface area (TPSA) is 82.6 Å². The van der Waals surface area contributed by atoms with Crippen molar-refractivity contribution in [2.45, 2.75) is 18.9 Å². The van der Waals surface area contributed by atoms with Crippen LogP contribution in [-0.4, -0.2) is 52.7 Å². The van der Waals surface area contributed by atoms with Crippen molar-refractivity contribution >= 4 is 22.8 Å². The van der Waals surface area contributed by atoms with Crippen LogP contribution in [0.3, 0.4) is 0 Å². The molecule has 0 aliphatic carbocycles. The molecule has 0 radical (unpaired) electrons. The number of aromatic nitrogens is 1. The van der Waals surface area contributed by atoms with Crippen LogP contribution in [0.2, 0.25) is 0 Å². The van der Waals surface area contributed by atoms with Gasteiger partial charge >= 0.3 is 5.97 Å². The number of carbonyl (C=O) groups is 2. The second-order valence-corrected chi connectivity index (χ2v) is 7.07. The molecule has 2 aromatic carbocycles. The third kappa shape index (κ3) is 4.00. The Hall–Kier alpha value is -3.19. The average Bonchev–Trinajstić information content (AvgIpc) is 3.11. The van der Waals surface area contributed by atoms with E-state index in [0.717, 1.165) is 27.7 Å². The number of fused-ring (bicyclic) bond motifs is 1. The molecule has 2 heterocycles. The molecule has 4 rings (SSSR count). The number of hydrogen-bond acceptors (Lipinski definition) is 3. The number of aromatic amines is 1. The van der Waals surface area contributed by atoms with Gasteiger partial charge in [0.2, 0.25) is 5.91 Å². The van der Waals surface area contributed by atoms with Gasteiger partial charge in [0.15, 0.2) is 6.10 Å². The van der Waals surface area contributed by atoms with Crippen LogP contribution in [0, 0.1) is 5.82 Å². The first-order valence-corrected chi connectivity index (χ1v) is 9.50. The van der Waals surface area contributed by atoms with E-state index >= 15 is 0 Å². The zero-order valence-electron chi connectivity index (χ0n) is 15.7. The van der Waals surface area contributed by atoms with Crippen molar-refractivity contribution in [3.63, 3.8) is 0 Å². The van der Waals surface area contributed by atoms with Gasteiger partial charge in [0, 0.05) is 29.6 Å². The maximum Gasteiger partial charge on any atom is 0.334 e. The molecule has 3 aromatic rings. The van der Waals surface area contributed by atoms with Crippen LogP contribution in [0.1, 0.15) is 12.0 Å². The molecule has 1 amide bonds. The van der Waals surface area contributed by atoms with Gasteiger partial charge in [-0.1, -0.05) is 18.2 Å². The van der Waals surface area contributed by atoms with E-state index in [4.69, 9.17) is 9.84 Å². The molecule has 1 aromatic heterocycles. The number of H-pyrrole nitrogens is 1. The fourth-order valence-electron chi connectivity index (χ4n) is 3.74. The Balaban J connectivity index is 1.57. The molecular formula is C22H21FN2O4. The molecule has 6 nitrogen and oxygen atoms in total. The second-order valence-electron chi connectivity index (χ2n) is 7.07. The van der Waals surface area contributed by atoms with Crippen LogP contribution in [0.4, 0.5) is 4.39 Å². The molecule has 7 heteroatoms. The second kappa shape index (κ2) is 8.05. The van der Waals surface area contributed by atoms with Gasteiger partial charge in [-0.2, -0.15) is 0 Å². The Morgan fingerprint density at radius 1 is 1.17 bits per heavy atom. The average molecular weight is 396 g/mol. The zero-order chi connectivity index (χ0) is 20.4. The molecule has 1 fully saturated rings. The number of nitrogens with one attached hydrogen (secondary N) is 1. The van der Waals surface area contributed by atoms with E-state index in [1.807, 2.05) is 24.3 Å². The summed E-state index contributed by atoms with van der Waals surface area (Å²) in [6.07, 6.45) is -0.233. The lowest BCUT2D eigenvalue weighted by molar-refractivity contribution is -0.159. The summed E-state index contributed by atoms with van der Waals surface area (Å²) < 4.78 is 18.5. The van der Waals surface area contributed by atoms with E-state index in [-0.39, 0.29) is 31.3 Å². The maximum absolute atomic E-state index is 13.3. The summed E-state index contributed by atoms with van der Waals surface area (Å²) in [6.45, 7) is 0.671. The SMILES string of the molecule is O=C(O)[C@H]1CN(C(=O)CCc2c(-c3ccc(F)cc3)[nH]c3ccccc23)CCO1. The van der Waals surface area contributed by atoms with Crippen molar-refractivity contribution in [1.29, 1.82) is 0 Å². The fourth-order valence-corrected chi connectivity index (χ4v) is 3.74. The van der Waals surface area contributed by atoms with Gasteiger partial charge in [-0.25, -0.2) is 9.18 Å². The van der Waals surface area contributed by atoms with E-state index in [9.17, 15) is 14.0 Å². The van der Waals surface area contributed by atoms with E-state index < -0.39 is 12.1 Å². The number of halogens is 1. The van der Waals surface area contributed by atoms with E-state index in [1.54, 1.807) is 17.0 Å². The Bertz CT molecular complexity index is 1040. The number of carbonyl (C=O) groups excluding carboxylic acids is 1. The zero-order valence-corrected chi connectivity index (χ0v) is 15.7. The van der Waals surface area contributed by atoms with Crippen molar-refractivity contribution in [3.8, 4) is 11.3 Å². The monoisotopic (exact) mass is 396 g/mol. The summed E-state index contributed by atoms with van der Waals surface area (Å²) >= 11 is 0. The number of para-hydroxylation sites is 1. The number of rotatable bonds is 5. The standard InChI is InChI=1S/C22H21FN2O4/c23-15-7-5-14(6-8-15)21-17(16-3-1-2-4-18(16)24-21)9-10-20(26)25-11-12-29-19(13-25)22(27)28/h1-8,19,24H,9-13H2,(H,27,28)/t19-/m1/s1. The molecule has 0 bridgehead atoms. The molecule has 2 N–H and O–H groups in total. The first kappa shape index (κ1) is 19.1. The number of carboxylic acids is 1. The van der Waals surface area contributed by atoms with Gasteiger partial charge in [-0.05, 0) is 47.9 Å². The fraction of sp³-hybridized carbons (Fsp3) is 0.273. The maximum atomic E-state index is 13.3. The highest BCUT2D eigenvalue weighted by Crippen LogP contribution is 2.31. The van der Waals surface area contributed by atoms with Gasteiger partial charge in [0.25, 0.3) is 0 Å². The molecule has 29 heavy (non-hydrogen) atoms. The number of carboxylic acid groups (broad SMARTS) is 1. The van der Waals surface area contributed by atoms with Crippen LogP contribution in [-0.2, 0) is 20.7 Å². The number of aryl methyl sites for hydroxylation is 1. The molecule has 0 spiro atoms. The van der Waals surface area contributed by atoms with Crippen molar-refractivity contribution in [3.05, 3.63) is 59.9 Å². The molecule has 0 saturated carbocycles. The van der Waals surface area contributed by atoms with Gasteiger partial charge < -0.3 is 19.7 Å². The van der Waals surface area contributed by atoms with Crippen LogP contribution in [0.15, 0.2) is 48.5 Å². The number of aliphatic carboxylic acids is 1. The number of benzene rings is 2. The number of amides is 1. The van der Waals surface area contributed by atoms with Crippen LogP contribution in [0.25, 0.3) is 22.2 Å². The minimum absolute atomic E-state index is 0.0624. The number of nitrogens with zero attached hydrogens (tertiary/aromatic N) is 1. The number of morpholine rings is 1. The van der Waals surface area contributed by atoms with Gasteiger partial charge in [-0.3, -0.25) is 4.79 Å². The number of hydrogen-bond donors (Lipinski definition) is 2. The smallest absolute Gasteiger partial charge is 0.334 e. The summed E-state index contributed by atoms with van der Waals surface area (Å²) in [5, 5.41) is 10.1. The largest absolute Gasteiger partial charge is 0.479 e.